The van der Waals surface area contributed by atoms with Crippen LogP contribution in [-0.2, 0) is 5.60 Å². The smallest absolute Gasteiger partial charge is 0.253 e. The second kappa shape index (κ2) is 7.52. The first kappa shape index (κ1) is 18.3. The molecule has 3 aromatic rings. The third kappa shape index (κ3) is 3.53. The van der Waals surface area contributed by atoms with Gasteiger partial charge < -0.3 is 10.0 Å². The average Bonchev–Trinajstić information content (AvgIpc) is 2.75. The van der Waals surface area contributed by atoms with E-state index in [9.17, 15) is 14.3 Å². The Morgan fingerprint density at radius 2 is 1.75 bits per heavy atom. The molecule has 1 aliphatic rings. The molecule has 1 aromatic heterocycles. The van der Waals surface area contributed by atoms with Crippen molar-refractivity contribution in [2.24, 2.45) is 0 Å². The van der Waals surface area contributed by atoms with Gasteiger partial charge in [0.2, 0.25) is 0 Å². The maximum absolute atomic E-state index is 14.1. The zero-order chi connectivity index (χ0) is 19.6. The number of pyridine rings is 1. The number of piperidine rings is 1. The van der Waals surface area contributed by atoms with Gasteiger partial charge in [-0.25, -0.2) is 4.39 Å². The van der Waals surface area contributed by atoms with Crippen LogP contribution in [0.4, 0.5) is 4.39 Å². The van der Waals surface area contributed by atoms with Crippen molar-refractivity contribution in [2.75, 3.05) is 13.1 Å². The van der Waals surface area contributed by atoms with Crippen LogP contribution in [0.15, 0.2) is 72.9 Å². The van der Waals surface area contributed by atoms with E-state index in [0.29, 0.717) is 48.3 Å². The van der Waals surface area contributed by atoms with Crippen molar-refractivity contribution in [3.8, 4) is 11.1 Å². The number of benzene rings is 2. The second-order valence-corrected chi connectivity index (χ2v) is 7.10. The van der Waals surface area contributed by atoms with E-state index in [1.165, 1.54) is 6.07 Å². The molecule has 0 radical (unpaired) electrons. The Hall–Kier alpha value is -3.05. The molecule has 4 rings (SSSR count). The normalized spacial score (nSPS) is 16.0. The lowest BCUT2D eigenvalue weighted by atomic mass is 9.87. The monoisotopic (exact) mass is 376 g/mol. The maximum Gasteiger partial charge on any atom is 0.253 e. The van der Waals surface area contributed by atoms with Crippen LogP contribution in [0, 0.1) is 5.82 Å². The Morgan fingerprint density at radius 1 is 1.00 bits per heavy atom. The first-order valence-electron chi connectivity index (χ1n) is 9.35. The quantitative estimate of drug-likeness (QED) is 0.751. The number of nitrogens with zero attached hydrogens (tertiary/aromatic N) is 2. The molecule has 142 valence electrons. The van der Waals surface area contributed by atoms with Crippen LogP contribution in [0.2, 0.25) is 0 Å². The molecular formula is C23H21FN2O2. The summed E-state index contributed by atoms with van der Waals surface area (Å²) in [5, 5.41) is 10.9. The molecule has 0 unspecified atom stereocenters. The van der Waals surface area contributed by atoms with Gasteiger partial charge in [0.05, 0.1) is 5.69 Å². The van der Waals surface area contributed by atoms with Crippen molar-refractivity contribution in [3.05, 3.63) is 90.0 Å². The van der Waals surface area contributed by atoms with Crippen molar-refractivity contribution >= 4 is 5.91 Å². The highest BCUT2D eigenvalue weighted by Gasteiger charge is 2.36. The van der Waals surface area contributed by atoms with Crippen molar-refractivity contribution < 1.29 is 14.3 Å². The third-order valence-corrected chi connectivity index (χ3v) is 5.31. The first-order chi connectivity index (χ1) is 13.6. The first-order valence-corrected chi connectivity index (χ1v) is 9.35. The van der Waals surface area contributed by atoms with E-state index in [0.717, 1.165) is 0 Å². The fourth-order valence-electron chi connectivity index (χ4n) is 3.67. The van der Waals surface area contributed by atoms with Crippen LogP contribution >= 0.6 is 0 Å². The predicted molar refractivity (Wildman–Crippen MR) is 105 cm³/mol. The molecule has 0 aliphatic carbocycles. The number of halogens is 1. The standard InChI is InChI=1S/C23H21FN2O2/c24-20-9-2-1-8-19(20)17-6-5-7-18(16-17)22(27)26-14-11-23(28,12-15-26)21-10-3-4-13-25-21/h1-10,13,16,28H,11-12,14-15H2. The van der Waals surface area contributed by atoms with E-state index in [2.05, 4.69) is 4.98 Å². The number of likely N-dealkylation sites (tertiary alicyclic amines) is 1. The Labute approximate surface area is 163 Å². The summed E-state index contributed by atoms with van der Waals surface area (Å²) in [6.45, 7) is 0.881. The van der Waals surface area contributed by atoms with E-state index in [1.54, 1.807) is 53.6 Å². The average molecular weight is 376 g/mol. The minimum absolute atomic E-state index is 0.110. The topological polar surface area (TPSA) is 53.4 Å². The predicted octanol–water partition coefficient (Wildman–Crippen LogP) is 4.01. The summed E-state index contributed by atoms with van der Waals surface area (Å²) >= 11 is 0. The second-order valence-electron chi connectivity index (χ2n) is 7.10. The van der Waals surface area contributed by atoms with Gasteiger partial charge in [-0.1, -0.05) is 36.4 Å². The van der Waals surface area contributed by atoms with Gasteiger partial charge in [-0.15, -0.1) is 0 Å². The molecule has 2 aromatic carbocycles. The molecule has 0 spiro atoms. The number of carbonyl (C=O) groups excluding carboxylic acids is 1. The van der Waals surface area contributed by atoms with E-state index in [-0.39, 0.29) is 11.7 Å². The van der Waals surface area contributed by atoms with Gasteiger partial charge in [0.15, 0.2) is 0 Å². The lowest BCUT2D eigenvalue weighted by molar-refractivity contribution is -0.0244. The van der Waals surface area contributed by atoms with Gasteiger partial charge in [0, 0.05) is 30.4 Å². The van der Waals surface area contributed by atoms with Gasteiger partial charge in [-0.05, 0) is 48.7 Å². The van der Waals surface area contributed by atoms with Gasteiger partial charge >= 0.3 is 0 Å². The number of carbonyl (C=O) groups is 1. The Morgan fingerprint density at radius 3 is 2.46 bits per heavy atom. The van der Waals surface area contributed by atoms with Crippen LogP contribution in [0.5, 0.6) is 0 Å². The Kier molecular flexibility index (Phi) is 4.92. The summed E-state index contributed by atoms with van der Waals surface area (Å²) in [5.41, 5.74) is 1.30. The number of hydrogen-bond donors (Lipinski definition) is 1. The van der Waals surface area contributed by atoms with Crippen molar-refractivity contribution in [1.82, 2.24) is 9.88 Å². The summed E-state index contributed by atoms with van der Waals surface area (Å²) in [4.78, 5) is 19.0. The highest BCUT2D eigenvalue weighted by Crippen LogP contribution is 2.32. The lowest BCUT2D eigenvalue weighted by Gasteiger charge is -2.37. The van der Waals surface area contributed by atoms with Crippen LogP contribution in [0.25, 0.3) is 11.1 Å². The van der Waals surface area contributed by atoms with E-state index in [1.807, 2.05) is 18.2 Å². The molecule has 2 heterocycles. The molecular weight excluding hydrogens is 355 g/mol. The fourth-order valence-corrected chi connectivity index (χ4v) is 3.67. The number of rotatable bonds is 3. The molecule has 5 heteroatoms. The van der Waals surface area contributed by atoms with Crippen LogP contribution in [0.3, 0.4) is 0 Å². The van der Waals surface area contributed by atoms with Crippen molar-refractivity contribution in [2.45, 2.75) is 18.4 Å². The zero-order valence-corrected chi connectivity index (χ0v) is 15.4. The van der Waals surface area contributed by atoms with E-state index >= 15 is 0 Å². The van der Waals surface area contributed by atoms with Crippen LogP contribution in [-0.4, -0.2) is 34.0 Å². The molecule has 1 aliphatic heterocycles. The summed E-state index contributed by atoms with van der Waals surface area (Å²) < 4.78 is 14.1. The van der Waals surface area contributed by atoms with E-state index in [4.69, 9.17) is 0 Å². The minimum Gasteiger partial charge on any atom is -0.383 e. The number of aliphatic hydroxyl groups is 1. The molecule has 1 fully saturated rings. The van der Waals surface area contributed by atoms with Crippen molar-refractivity contribution in [3.63, 3.8) is 0 Å². The molecule has 4 nitrogen and oxygen atoms in total. The summed E-state index contributed by atoms with van der Waals surface area (Å²) in [7, 11) is 0. The van der Waals surface area contributed by atoms with Crippen LogP contribution in [0.1, 0.15) is 28.9 Å². The highest BCUT2D eigenvalue weighted by atomic mass is 19.1. The van der Waals surface area contributed by atoms with Crippen LogP contribution < -0.4 is 0 Å². The molecule has 28 heavy (non-hydrogen) atoms. The van der Waals surface area contributed by atoms with Gasteiger partial charge in [-0.2, -0.15) is 0 Å². The molecule has 1 N–H and O–H groups in total. The molecule has 0 bridgehead atoms. The number of amides is 1. The summed E-state index contributed by atoms with van der Waals surface area (Å²) in [6.07, 6.45) is 2.53. The molecule has 0 saturated carbocycles. The SMILES string of the molecule is O=C(c1cccc(-c2ccccc2F)c1)N1CCC(O)(c2ccccn2)CC1. The van der Waals surface area contributed by atoms with Gasteiger partial charge in [-0.3, -0.25) is 9.78 Å². The zero-order valence-electron chi connectivity index (χ0n) is 15.4. The Bertz CT molecular complexity index is 983. The van der Waals surface area contributed by atoms with Gasteiger partial charge in [0.1, 0.15) is 11.4 Å². The third-order valence-electron chi connectivity index (χ3n) is 5.31. The molecule has 0 atom stereocenters. The summed E-state index contributed by atoms with van der Waals surface area (Å²) in [6, 6.07) is 19.0. The summed E-state index contributed by atoms with van der Waals surface area (Å²) in [5.74, 6) is -0.424. The minimum atomic E-state index is -1.01. The lowest BCUT2D eigenvalue weighted by Crippen LogP contribution is -2.45. The number of aromatic nitrogens is 1. The number of hydrogen-bond acceptors (Lipinski definition) is 3. The molecule has 1 amide bonds. The molecule has 1 saturated heterocycles. The largest absolute Gasteiger partial charge is 0.383 e. The Balaban J connectivity index is 1.51. The highest BCUT2D eigenvalue weighted by molar-refractivity contribution is 5.95. The van der Waals surface area contributed by atoms with Gasteiger partial charge in [0.25, 0.3) is 5.91 Å². The van der Waals surface area contributed by atoms with Crippen molar-refractivity contribution in [1.29, 1.82) is 0 Å². The fraction of sp³-hybridized carbons (Fsp3) is 0.217. The maximum atomic E-state index is 14.1. The van der Waals surface area contributed by atoms with E-state index < -0.39 is 5.60 Å².